The quantitative estimate of drug-likeness (QED) is 0.748. The molecular weight excluding hydrogens is 332 g/mol. The van der Waals surface area contributed by atoms with E-state index in [4.69, 9.17) is 0 Å². The summed E-state index contributed by atoms with van der Waals surface area (Å²) < 4.78 is 0. The normalized spacial score (nSPS) is 11.0. The molecule has 3 aromatic rings. The number of carbonyl (C=O) groups excluding carboxylic acids is 1. The molecule has 130 valence electrons. The van der Waals surface area contributed by atoms with Gasteiger partial charge in [0.25, 0.3) is 5.56 Å². The van der Waals surface area contributed by atoms with Gasteiger partial charge in [0.1, 0.15) is 0 Å². The molecule has 0 saturated heterocycles. The van der Waals surface area contributed by atoms with E-state index >= 15 is 0 Å². The second kappa shape index (κ2) is 7.23. The third-order valence-corrected chi connectivity index (χ3v) is 5.32. The number of aromatic amines is 1. The van der Waals surface area contributed by atoms with E-state index in [9.17, 15) is 9.59 Å². The Balaban J connectivity index is 1.99. The van der Waals surface area contributed by atoms with Crippen LogP contribution in [0.2, 0.25) is 0 Å². The van der Waals surface area contributed by atoms with E-state index in [1.165, 1.54) is 0 Å². The Morgan fingerprint density at radius 3 is 2.60 bits per heavy atom. The molecule has 2 aromatic heterocycles. The molecule has 0 atom stereocenters. The van der Waals surface area contributed by atoms with Gasteiger partial charge in [-0.2, -0.15) is 0 Å². The molecule has 5 heteroatoms. The Hall–Kier alpha value is -2.40. The van der Waals surface area contributed by atoms with Crippen molar-refractivity contribution in [1.29, 1.82) is 0 Å². The molecule has 1 N–H and O–H groups in total. The number of hydrogen-bond acceptors (Lipinski definition) is 3. The Labute approximate surface area is 151 Å². The molecular formula is C20H22N2O2S. The lowest BCUT2D eigenvalue weighted by atomic mass is 10.0. The molecule has 0 aliphatic carbocycles. The molecule has 25 heavy (non-hydrogen) atoms. The highest BCUT2D eigenvalue weighted by molar-refractivity contribution is 7.09. The molecule has 3 rings (SSSR count). The van der Waals surface area contributed by atoms with Crippen LogP contribution in [-0.4, -0.2) is 15.8 Å². The highest BCUT2D eigenvalue weighted by atomic mass is 32.1. The number of aryl methyl sites for hydroxylation is 2. The summed E-state index contributed by atoms with van der Waals surface area (Å²) >= 11 is 1.62. The van der Waals surface area contributed by atoms with Gasteiger partial charge < -0.3 is 9.88 Å². The van der Waals surface area contributed by atoms with Crippen LogP contribution < -0.4 is 5.56 Å². The molecule has 0 radical (unpaired) electrons. The molecule has 0 fully saturated rings. The number of thiophene rings is 1. The van der Waals surface area contributed by atoms with Gasteiger partial charge in [-0.05, 0) is 42.5 Å². The molecule has 1 aromatic carbocycles. The molecule has 0 spiro atoms. The zero-order valence-corrected chi connectivity index (χ0v) is 15.6. The Kier molecular flexibility index (Phi) is 5.04. The van der Waals surface area contributed by atoms with Gasteiger partial charge in [0.2, 0.25) is 5.91 Å². The predicted octanol–water partition coefficient (Wildman–Crippen LogP) is 4.15. The fourth-order valence-electron chi connectivity index (χ4n) is 2.99. The number of nitrogens with zero attached hydrogens (tertiary/aromatic N) is 1. The summed E-state index contributed by atoms with van der Waals surface area (Å²) in [6.07, 6.45) is 0.426. The van der Waals surface area contributed by atoms with Gasteiger partial charge in [-0.3, -0.25) is 9.59 Å². The summed E-state index contributed by atoms with van der Waals surface area (Å²) in [5.41, 5.74) is 3.54. The molecule has 0 unspecified atom stereocenters. The topological polar surface area (TPSA) is 53.2 Å². The maximum atomic E-state index is 12.6. The zero-order chi connectivity index (χ0) is 18.0. The van der Waals surface area contributed by atoms with Crippen LogP contribution in [0.5, 0.6) is 0 Å². The van der Waals surface area contributed by atoms with E-state index in [0.717, 1.165) is 26.9 Å². The molecule has 2 heterocycles. The van der Waals surface area contributed by atoms with Crippen molar-refractivity contribution in [2.75, 3.05) is 0 Å². The fraction of sp³-hybridized carbons (Fsp3) is 0.300. The third-order valence-electron chi connectivity index (χ3n) is 4.46. The number of H-pyrrole nitrogens is 1. The number of hydrogen-bond donors (Lipinski definition) is 1. The number of fused-ring (bicyclic) bond motifs is 1. The monoisotopic (exact) mass is 354 g/mol. The second-order valence-corrected chi connectivity index (χ2v) is 7.33. The number of benzene rings is 1. The lowest BCUT2D eigenvalue weighted by molar-refractivity contribution is -0.132. The van der Waals surface area contributed by atoms with Crippen molar-refractivity contribution in [1.82, 2.24) is 9.88 Å². The van der Waals surface area contributed by atoms with Crippen molar-refractivity contribution < 1.29 is 4.79 Å². The summed E-state index contributed by atoms with van der Waals surface area (Å²) in [5, 5.41) is 3.04. The number of rotatable bonds is 5. The van der Waals surface area contributed by atoms with Crippen LogP contribution in [0.1, 0.15) is 34.9 Å². The first-order chi connectivity index (χ1) is 12.0. The Bertz CT molecular complexity index is 958. The van der Waals surface area contributed by atoms with Crippen LogP contribution in [-0.2, 0) is 17.9 Å². The van der Waals surface area contributed by atoms with E-state index in [1.54, 1.807) is 16.2 Å². The van der Waals surface area contributed by atoms with Gasteiger partial charge in [-0.15, -0.1) is 11.3 Å². The lowest BCUT2D eigenvalue weighted by Crippen LogP contribution is -2.31. The first-order valence-electron chi connectivity index (χ1n) is 8.42. The van der Waals surface area contributed by atoms with Crippen LogP contribution in [0, 0.1) is 13.8 Å². The van der Waals surface area contributed by atoms with Crippen molar-refractivity contribution in [3.8, 4) is 0 Å². The highest BCUT2D eigenvalue weighted by Crippen LogP contribution is 2.21. The summed E-state index contributed by atoms with van der Waals surface area (Å²) in [4.78, 5) is 30.8. The summed E-state index contributed by atoms with van der Waals surface area (Å²) in [7, 11) is 0. The van der Waals surface area contributed by atoms with E-state index < -0.39 is 0 Å². The number of pyridine rings is 1. The third kappa shape index (κ3) is 3.66. The summed E-state index contributed by atoms with van der Waals surface area (Å²) in [6, 6.07) is 9.99. The molecule has 0 aliphatic heterocycles. The smallest absolute Gasteiger partial charge is 0.253 e. The standard InChI is InChI=1S/C20H22N2O2S/c1-4-18(23)22(12-16-6-5-9-25-16)11-15-10-17-13(2)7-8-14(3)19(17)21-20(15)24/h5-10H,4,11-12H2,1-3H3,(H,21,24). The number of nitrogens with one attached hydrogen (secondary N) is 1. The minimum absolute atomic E-state index is 0.0499. The predicted molar refractivity (Wildman–Crippen MR) is 103 cm³/mol. The molecule has 0 saturated carbocycles. The van der Waals surface area contributed by atoms with E-state index in [0.29, 0.717) is 25.1 Å². The minimum atomic E-state index is -0.124. The molecule has 1 amide bonds. The second-order valence-electron chi connectivity index (χ2n) is 6.29. The fourth-order valence-corrected chi connectivity index (χ4v) is 3.71. The Morgan fingerprint density at radius 2 is 1.92 bits per heavy atom. The van der Waals surface area contributed by atoms with Gasteiger partial charge in [-0.1, -0.05) is 25.1 Å². The van der Waals surface area contributed by atoms with Crippen molar-refractivity contribution in [2.24, 2.45) is 0 Å². The lowest BCUT2D eigenvalue weighted by Gasteiger charge is -2.21. The van der Waals surface area contributed by atoms with Crippen LogP contribution in [0.4, 0.5) is 0 Å². The Morgan fingerprint density at radius 1 is 1.16 bits per heavy atom. The van der Waals surface area contributed by atoms with Gasteiger partial charge in [0.05, 0.1) is 18.6 Å². The highest BCUT2D eigenvalue weighted by Gasteiger charge is 2.16. The summed E-state index contributed by atoms with van der Waals surface area (Å²) in [5.74, 6) is 0.0499. The first kappa shape index (κ1) is 17.4. The molecule has 0 bridgehead atoms. The van der Waals surface area contributed by atoms with Gasteiger partial charge in [-0.25, -0.2) is 0 Å². The number of amides is 1. The van der Waals surface area contributed by atoms with Gasteiger partial charge in [0, 0.05) is 22.2 Å². The average Bonchev–Trinajstić information content (AvgIpc) is 3.11. The van der Waals surface area contributed by atoms with Crippen LogP contribution in [0.25, 0.3) is 10.9 Å². The van der Waals surface area contributed by atoms with Crippen molar-refractivity contribution in [3.05, 3.63) is 67.6 Å². The maximum absolute atomic E-state index is 12.6. The van der Waals surface area contributed by atoms with E-state index in [-0.39, 0.29) is 11.5 Å². The largest absolute Gasteiger partial charge is 0.333 e. The van der Waals surface area contributed by atoms with E-state index in [1.807, 2.05) is 50.4 Å². The minimum Gasteiger partial charge on any atom is -0.333 e. The first-order valence-corrected chi connectivity index (χ1v) is 9.29. The zero-order valence-electron chi connectivity index (χ0n) is 14.8. The van der Waals surface area contributed by atoms with Crippen molar-refractivity contribution in [3.63, 3.8) is 0 Å². The maximum Gasteiger partial charge on any atom is 0.253 e. The van der Waals surface area contributed by atoms with Crippen LogP contribution >= 0.6 is 11.3 Å². The van der Waals surface area contributed by atoms with Crippen molar-refractivity contribution >= 4 is 28.1 Å². The average molecular weight is 354 g/mol. The van der Waals surface area contributed by atoms with Crippen LogP contribution in [0.3, 0.4) is 0 Å². The van der Waals surface area contributed by atoms with Crippen LogP contribution in [0.15, 0.2) is 40.5 Å². The number of carbonyl (C=O) groups is 1. The number of aromatic nitrogens is 1. The van der Waals surface area contributed by atoms with E-state index in [2.05, 4.69) is 11.1 Å². The van der Waals surface area contributed by atoms with Crippen molar-refractivity contribution in [2.45, 2.75) is 40.3 Å². The van der Waals surface area contributed by atoms with Gasteiger partial charge >= 0.3 is 0 Å². The summed E-state index contributed by atoms with van der Waals surface area (Å²) in [6.45, 7) is 6.73. The van der Waals surface area contributed by atoms with Gasteiger partial charge in [0.15, 0.2) is 0 Å². The molecule has 4 nitrogen and oxygen atoms in total. The SMILES string of the molecule is CCC(=O)N(Cc1cccs1)Cc1cc2c(C)ccc(C)c2[nH]c1=O. The molecule has 0 aliphatic rings.